The van der Waals surface area contributed by atoms with Crippen molar-refractivity contribution in [2.24, 2.45) is 11.3 Å². The molecule has 4 aliphatic rings. The van der Waals surface area contributed by atoms with Crippen LogP contribution in [0.4, 0.5) is 0 Å². The van der Waals surface area contributed by atoms with E-state index < -0.39 is 5.41 Å². The molecule has 2 atom stereocenters. The van der Waals surface area contributed by atoms with Crippen molar-refractivity contribution in [1.82, 2.24) is 0 Å². The SMILES string of the molecule is CC/C(=C1\C[C@]2(C(=O)OC)CC[C@H]1C(=C1CCCCC1)C2=O)c1ccccc1. The topological polar surface area (TPSA) is 43.4 Å². The molecule has 0 N–H and O–H groups in total. The fourth-order valence-corrected chi connectivity index (χ4v) is 5.72. The molecule has 4 saturated carbocycles. The van der Waals surface area contributed by atoms with Crippen molar-refractivity contribution in [1.29, 1.82) is 0 Å². The third-order valence-corrected chi connectivity index (χ3v) is 7.08. The standard InChI is InChI=1S/C25H30O3/c1-3-19(17-10-6-4-7-11-17)21-16-25(24(27)28-2)15-14-20(21)22(23(25)26)18-12-8-5-9-13-18/h4,6-7,10-11,20H,3,5,8-9,12-16H2,1-2H3/b21-19-/t20-,25-/m1/s1. The van der Waals surface area contributed by atoms with E-state index in [1.807, 2.05) is 6.07 Å². The Kier molecular flexibility index (Phi) is 5.27. The molecule has 0 heterocycles. The van der Waals surface area contributed by atoms with Gasteiger partial charge in [0.2, 0.25) is 0 Å². The first kappa shape index (κ1) is 19.2. The number of fused-ring (bicyclic) bond motifs is 3. The largest absolute Gasteiger partial charge is 0.468 e. The van der Waals surface area contributed by atoms with E-state index in [9.17, 15) is 9.59 Å². The lowest BCUT2D eigenvalue weighted by atomic mass is 9.53. The molecule has 3 heteroatoms. The van der Waals surface area contributed by atoms with Gasteiger partial charge in [0.05, 0.1) is 7.11 Å². The summed E-state index contributed by atoms with van der Waals surface area (Å²) in [7, 11) is 1.42. The number of esters is 1. The fraction of sp³-hybridized carbons (Fsp3) is 0.520. The van der Waals surface area contributed by atoms with Crippen LogP contribution >= 0.6 is 0 Å². The maximum absolute atomic E-state index is 13.6. The van der Waals surface area contributed by atoms with Gasteiger partial charge in [0.25, 0.3) is 0 Å². The summed E-state index contributed by atoms with van der Waals surface area (Å²) in [5.41, 5.74) is 5.11. The molecule has 0 aromatic heterocycles. The van der Waals surface area contributed by atoms with Gasteiger partial charge in [-0.15, -0.1) is 0 Å². The molecule has 28 heavy (non-hydrogen) atoms. The number of rotatable bonds is 3. The summed E-state index contributed by atoms with van der Waals surface area (Å²) in [6, 6.07) is 10.5. The third-order valence-electron chi connectivity index (χ3n) is 7.08. The molecule has 0 aliphatic heterocycles. The minimum atomic E-state index is -1.01. The van der Waals surface area contributed by atoms with E-state index in [1.54, 1.807) is 0 Å². The summed E-state index contributed by atoms with van der Waals surface area (Å²) in [6.07, 6.45) is 8.50. The molecular weight excluding hydrogens is 348 g/mol. The number of hydrogen-bond acceptors (Lipinski definition) is 3. The number of ether oxygens (including phenoxy) is 1. The van der Waals surface area contributed by atoms with E-state index in [-0.39, 0.29) is 17.7 Å². The Morgan fingerprint density at radius 2 is 1.86 bits per heavy atom. The molecule has 5 rings (SSSR count). The summed E-state index contributed by atoms with van der Waals surface area (Å²) in [5, 5.41) is 0. The van der Waals surface area contributed by atoms with Crippen LogP contribution in [0, 0.1) is 11.3 Å². The molecule has 0 spiro atoms. The van der Waals surface area contributed by atoms with Gasteiger partial charge in [-0.2, -0.15) is 0 Å². The number of hydrogen-bond donors (Lipinski definition) is 0. The smallest absolute Gasteiger partial charge is 0.320 e. The summed E-state index contributed by atoms with van der Waals surface area (Å²) < 4.78 is 5.18. The first-order valence-electron chi connectivity index (χ1n) is 10.7. The zero-order valence-electron chi connectivity index (χ0n) is 17.1. The van der Waals surface area contributed by atoms with Crippen LogP contribution in [-0.2, 0) is 14.3 Å². The number of carbonyl (C=O) groups excluding carboxylic acids is 2. The number of methoxy groups -OCH3 is 1. The number of carbonyl (C=O) groups is 2. The maximum atomic E-state index is 13.6. The van der Waals surface area contributed by atoms with Crippen LogP contribution in [0.2, 0.25) is 0 Å². The van der Waals surface area contributed by atoms with Crippen LogP contribution in [0.5, 0.6) is 0 Å². The number of ketones is 1. The van der Waals surface area contributed by atoms with Crippen molar-refractivity contribution < 1.29 is 14.3 Å². The van der Waals surface area contributed by atoms with E-state index in [0.29, 0.717) is 12.8 Å². The van der Waals surface area contributed by atoms with Crippen LogP contribution in [-0.4, -0.2) is 18.9 Å². The van der Waals surface area contributed by atoms with E-state index in [4.69, 9.17) is 4.74 Å². The number of Topliss-reactive ketones (excluding diaryl/α,β-unsaturated/α-hetero) is 1. The van der Waals surface area contributed by atoms with Crippen molar-refractivity contribution in [3.8, 4) is 0 Å². The van der Waals surface area contributed by atoms with Crippen LogP contribution in [0.25, 0.3) is 5.57 Å². The molecule has 148 valence electrons. The molecule has 4 fully saturated rings. The lowest BCUT2D eigenvalue weighted by molar-refractivity contribution is -0.160. The number of benzene rings is 1. The molecule has 1 aromatic carbocycles. The fourth-order valence-electron chi connectivity index (χ4n) is 5.72. The van der Waals surface area contributed by atoms with E-state index in [1.165, 1.54) is 35.8 Å². The molecule has 0 amide bonds. The normalized spacial score (nSPS) is 29.1. The Labute approximate surface area is 167 Å². The minimum Gasteiger partial charge on any atom is -0.468 e. The average Bonchev–Trinajstić information content (AvgIpc) is 2.76. The van der Waals surface area contributed by atoms with Crippen LogP contribution in [0.15, 0.2) is 47.1 Å². The predicted octanol–water partition coefficient (Wildman–Crippen LogP) is 5.65. The Balaban J connectivity index is 1.91. The Hall–Kier alpha value is -2.16. The minimum absolute atomic E-state index is 0.0692. The van der Waals surface area contributed by atoms with Gasteiger partial charge in [0.1, 0.15) is 5.41 Å². The van der Waals surface area contributed by atoms with Crippen LogP contribution in [0.1, 0.15) is 70.3 Å². The first-order chi connectivity index (χ1) is 13.6. The lowest BCUT2D eigenvalue weighted by Gasteiger charge is -2.48. The number of allylic oxidation sites excluding steroid dienone is 4. The zero-order chi connectivity index (χ0) is 19.7. The molecule has 1 aromatic rings. The first-order valence-corrected chi connectivity index (χ1v) is 10.7. The van der Waals surface area contributed by atoms with Crippen molar-refractivity contribution in [2.45, 2.75) is 64.7 Å². The van der Waals surface area contributed by atoms with E-state index in [2.05, 4.69) is 31.2 Å². The lowest BCUT2D eigenvalue weighted by Crippen LogP contribution is -2.51. The second-order valence-corrected chi connectivity index (χ2v) is 8.47. The second kappa shape index (κ2) is 7.69. The summed E-state index contributed by atoms with van der Waals surface area (Å²) >= 11 is 0. The highest BCUT2D eigenvalue weighted by Crippen LogP contribution is 2.57. The zero-order valence-corrected chi connectivity index (χ0v) is 17.1. The van der Waals surface area contributed by atoms with Gasteiger partial charge in [0.15, 0.2) is 5.78 Å². The summed E-state index contributed by atoms with van der Waals surface area (Å²) in [4.78, 5) is 26.5. The van der Waals surface area contributed by atoms with Gasteiger partial charge >= 0.3 is 5.97 Å². The molecule has 3 nitrogen and oxygen atoms in total. The molecule has 2 bridgehead atoms. The molecule has 0 unspecified atom stereocenters. The van der Waals surface area contributed by atoms with Crippen molar-refractivity contribution in [3.05, 3.63) is 52.6 Å². The van der Waals surface area contributed by atoms with E-state index >= 15 is 0 Å². The second-order valence-electron chi connectivity index (χ2n) is 8.47. The van der Waals surface area contributed by atoms with Gasteiger partial charge in [-0.05, 0) is 62.5 Å². The van der Waals surface area contributed by atoms with Gasteiger partial charge in [0, 0.05) is 11.5 Å². The third kappa shape index (κ3) is 2.96. The Morgan fingerprint density at radius 1 is 1.14 bits per heavy atom. The Bertz CT molecular complexity index is 838. The quantitative estimate of drug-likeness (QED) is 0.388. The predicted molar refractivity (Wildman–Crippen MR) is 111 cm³/mol. The molecule has 0 saturated heterocycles. The van der Waals surface area contributed by atoms with Gasteiger partial charge in [-0.3, -0.25) is 9.59 Å². The highest BCUT2D eigenvalue weighted by molar-refractivity contribution is 6.15. The van der Waals surface area contributed by atoms with Crippen LogP contribution in [0.3, 0.4) is 0 Å². The van der Waals surface area contributed by atoms with Crippen molar-refractivity contribution in [3.63, 3.8) is 0 Å². The van der Waals surface area contributed by atoms with Gasteiger partial charge < -0.3 is 4.74 Å². The highest BCUT2D eigenvalue weighted by atomic mass is 16.5. The summed E-state index contributed by atoms with van der Waals surface area (Å²) in [5.74, 6) is -0.0902. The molecular formula is C25H30O3. The molecule has 4 aliphatic carbocycles. The van der Waals surface area contributed by atoms with Gasteiger partial charge in [-0.25, -0.2) is 0 Å². The highest BCUT2D eigenvalue weighted by Gasteiger charge is 2.58. The monoisotopic (exact) mass is 378 g/mol. The average molecular weight is 379 g/mol. The van der Waals surface area contributed by atoms with E-state index in [0.717, 1.165) is 44.1 Å². The molecule has 0 radical (unpaired) electrons. The Morgan fingerprint density at radius 3 is 2.50 bits per heavy atom. The summed E-state index contributed by atoms with van der Waals surface area (Å²) in [6.45, 7) is 2.18. The van der Waals surface area contributed by atoms with Crippen molar-refractivity contribution in [2.75, 3.05) is 7.11 Å². The van der Waals surface area contributed by atoms with Crippen LogP contribution < -0.4 is 0 Å². The van der Waals surface area contributed by atoms with Gasteiger partial charge in [-0.1, -0.05) is 54.8 Å². The maximum Gasteiger partial charge on any atom is 0.320 e. The van der Waals surface area contributed by atoms with Crippen molar-refractivity contribution >= 4 is 17.3 Å².